The van der Waals surface area contributed by atoms with Crippen molar-refractivity contribution >= 4 is 47.5 Å². The summed E-state index contributed by atoms with van der Waals surface area (Å²) in [6.07, 6.45) is 13.5. The molecule has 5 rings (SSSR count). The van der Waals surface area contributed by atoms with Gasteiger partial charge in [-0.25, -0.2) is 4.79 Å². The highest BCUT2D eigenvalue weighted by molar-refractivity contribution is 5.96. The zero-order valence-electron chi connectivity index (χ0n) is 45.7. The Kier molecular flexibility index (Phi) is 19.8. The second-order valence-corrected chi connectivity index (χ2v) is 24.6. The fourth-order valence-electron chi connectivity index (χ4n) is 13.3. The Hall–Kier alpha value is -4.70. The van der Waals surface area contributed by atoms with Gasteiger partial charge < -0.3 is 46.7 Å². The first kappa shape index (κ1) is 58.2. The number of nitrogens with two attached hydrogens (primary N) is 1. The van der Waals surface area contributed by atoms with Crippen LogP contribution in [0.5, 0.6) is 0 Å². The molecule has 7 N–H and O–H groups in total. The summed E-state index contributed by atoms with van der Waals surface area (Å²) >= 11 is 0. The standard InChI is InChI=1S/C55H91N7O10/c1-31(2)15-16-33(5)39-19-20-40-38-18-17-36-29-37(23-25-54(36,11)41(38)24-26-55(39,40)12)71-46(64)30-57-50(68)44-14-13-27-62(44)51(69)43(28-32(3)4)61-49(67)42(21-22-45(56)63)60-48(66)34(6)58-47(65)35(7)59-52(70)72-53(8,9)10/h17,31-35,37-44H,13-16,18-30H2,1-12H3,(H2,56,63)(H,57,68)(H,58,65)(H,59,70)(H,60,66)(H,61,67)/t33-,34+,35+,37-,38+,39-,40+,41+,42+,43+,44+,54+,55-/m1/s1. The molecule has 72 heavy (non-hydrogen) atoms. The van der Waals surface area contributed by atoms with Crippen LogP contribution in [0, 0.1) is 52.3 Å². The summed E-state index contributed by atoms with van der Waals surface area (Å²) in [5.41, 5.74) is 6.56. The number of ether oxygens (including phenoxy) is 2. The molecule has 3 saturated carbocycles. The van der Waals surface area contributed by atoms with E-state index in [0.29, 0.717) is 36.5 Å². The second kappa shape index (κ2) is 24.6. The molecule has 7 amide bonds. The van der Waals surface area contributed by atoms with Crippen molar-refractivity contribution in [2.75, 3.05) is 13.1 Å². The molecule has 0 bridgehead atoms. The lowest BCUT2D eigenvalue weighted by molar-refractivity contribution is -0.152. The number of fused-ring (bicyclic) bond motifs is 5. The van der Waals surface area contributed by atoms with Crippen LogP contribution in [0.4, 0.5) is 4.79 Å². The molecule has 5 aliphatic rings. The SMILES string of the molecule is CC(C)CC[C@@H](C)[C@H]1CC[C@H]2[C@@H]3CC=C4C[C@H](OC(=O)CNC(=O)[C@@H]5CCCN5C(=O)[C@H](CC(C)C)NC(=O)[C@H](CCC(N)=O)NC(=O)[C@H](C)NC(=O)[C@H](C)NC(=O)OC(C)(C)C)CC[C@]4(C)[C@H]3CC[C@]12C. The van der Waals surface area contributed by atoms with E-state index in [4.69, 9.17) is 15.2 Å². The molecule has 17 heteroatoms. The molecule has 4 aliphatic carbocycles. The lowest BCUT2D eigenvalue weighted by Gasteiger charge is -2.58. The summed E-state index contributed by atoms with van der Waals surface area (Å²) in [5.74, 6) is -0.0983. The minimum Gasteiger partial charge on any atom is -0.461 e. The highest BCUT2D eigenvalue weighted by Crippen LogP contribution is 2.67. The summed E-state index contributed by atoms with van der Waals surface area (Å²) in [6, 6.07) is -5.56. The third-order valence-corrected chi connectivity index (χ3v) is 17.1. The van der Waals surface area contributed by atoms with Gasteiger partial charge >= 0.3 is 12.1 Å². The number of esters is 1. The van der Waals surface area contributed by atoms with Gasteiger partial charge in [0, 0.05) is 19.4 Å². The number of hydrogen-bond donors (Lipinski definition) is 6. The van der Waals surface area contributed by atoms with Crippen LogP contribution >= 0.6 is 0 Å². The first-order chi connectivity index (χ1) is 33.6. The van der Waals surface area contributed by atoms with E-state index >= 15 is 0 Å². The fourth-order valence-corrected chi connectivity index (χ4v) is 13.3. The summed E-state index contributed by atoms with van der Waals surface area (Å²) in [5, 5.41) is 12.9. The molecule has 0 aromatic heterocycles. The van der Waals surface area contributed by atoms with E-state index in [1.54, 1.807) is 20.8 Å². The molecule has 0 spiro atoms. The van der Waals surface area contributed by atoms with Crippen LogP contribution in [0.3, 0.4) is 0 Å². The van der Waals surface area contributed by atoms with Crippen molar-refractivity contribution in [1.82, 2.24) is 31.5 Å². The average Bonchev–Trinajstić information content (AvgIpc) is 3.92. The average molecular weight is 1010 g/mol. The summed E-state index contributed by atoms with van der Waals surface area (Å²) in [7, 11) is 0. The topological polar surface area (TPSA) is 244 Å². The molecule has 1 saturated heterocycles. The Morgan fingerprint density at radius 1 is 0.764 bits per heavy atom. The number of carbonyl (C=O) groups excluding carboxylic acids is 8. The van der Waals surface area contributed by atoms with Crippen molar-refractivity contribution in [2.24, 2.45) is 58.0 Å². The predicted molar refractivity (Wildman–Crippen MR) is 274 cm³/mol. The van der Waals surface area contributed by atoms with Crippen molar-refractivity contribution in [1.29, 1.82) is 0 Å². The van der Waals surface area contributed by atoms with Crippen LogP contribution in [-0.2, 0) is 43.0 Å². The molecule has 0 aromatic rings. The minimum absolute atomic E-state index is 0.0794. The molecule has 17 nitrogen and oxygen atoms in total. The van der Waals surface area contributed by atoms with Crippen molar-refractivity contribution in [3.05, 3.63) is 11.6 Å². The molecule has 1 aliphatic heterocycles. The van der Waals surface area contributed by atoms with Crippen molar-refractivity contribution in [2.45, 2.75) is 221 Å². The highest BCUT2D eigenvalue weighted by atomic mass is 16.6. The summed E-state index contributed by atoms with van der Waals surface area (Å²) in [6.45, 7) is 23.7. The molecule has 13 atom stereocenters. The second-order valence-electron chi connectivity index (χ2n) is 24.6. The van der Waals surface area contributed by atoms with E-state index in [9.17, 15) is 38.4 Å². The Morgan fingerprint density at radius 3 is 2.08 bits per heavy atom. The highest BCUT2D eigenvalue weighted by Gasteiger charge is 2.59. The van der Waals surface area contributed by atoms with Crippen LogP contribution in [-0.4, -0.2) is 107 Å². The number of nitrogens with zero attached hydrogens (tertiary/aromatic N) is 1. The number of carbonyl (C=O) groups is 8. The van der Waals surface area contributed by atoms with E-state index in [-0.39, 0.29) is 49.8 Å². The van der Waals surface area contributed by atoms with Crippen LogP contribution in [0.15, 0.2) is 11.6 Å². The number of hydrogen-bond acceptors (Lipinski definition) is 10. The fraction of sp³-hybridized carbons (Fsp3) is 0.818. The lowest BCUT2D eigenvalue weighted by atomic mass is 9.47. The van der Waals surface area contributed by atoms with Gasteiger partial charge in [0.2, 0.25) is 35.4 Å². The molecule has 0 unspecified atom stereocenters. The van der Waals surface area contributed by atoms with Gasteiger partial charge in [0.05, 0.1) is 0 Å². The van der Waals surface area contributed by atoms with Gasteiger partial charge in [-0.3, -0.25) is 33.6 Å². The van der Waals surface area contributed by atoms with Gasteiger partial charge in [-0.1, -0.05) is 73.0 Å². The normalized spacial score (nSPS) is 28.9. The van der Waals surface area contributed by atoms with Crippen LogP contribution in [0.1, 0.15) is 179 Å². The molecule has 0 aromatic carbocycles. The summed E-state index contributed by atoms with van der Waals surface area (Å²) < 4.78 is 11.2. The Morgan fingerprint density at radius 2 is 1.43 bits per heavy atom. The number of amides is 7. The van der Waals surface area contributed by atoms with E-state index in [1.165, 1.54) is 62.8 Å². The smallest absolute Gasteiger partial charge is 0.408 e. The van der Waals surface area contributed by atoms with Gasteiger partial charge in [-0.2, -0.15) is 0 Å². The van der Waals surface area contributed by atoms with Gasteiger partial charge in [0.15, 0.2) is 0 Å². The van der Waals surface area contributed by atoms with Gasteiger partial charge in [0.25, 0.3) is 0 Å². The van der Waals surface area contributed by atoms with Crippen LogP contribution in [0.2, 0.25) is 0 Å². The lowest BCUT2D eigenvalue weighted by Crippen LogP contribution is -2.59. The number of allylic oxidation sites excluding steroid dienone is 1. The molecule has 0 radical (unpaired) electrons. The maximum absolute atomic E-state index is 14.3. The molecule has 4 fully saturated rings. The first-order valence-corrected chi connectivity index (χ1v) is 27.3. The maximum Gasteiger partial charge on any atom is 0.408 e. The van der Waals surface area contributed by atoms with Crippen LogP contribution < -0.4 is 32.3 Å². The van der Waals surface area contributed by atoms with Gasteiger partial charge in [-0.05, 0) is 158 Å². The monoisotopic (exact) mass is 1010 g/mol. The van der Waals surface area contributed by atoms with Gasteiger partial charge in [0.1, 0.15) is 48.5 Å². The molecular weight excluding hydrogens is 919 g/mol. The zero-order valence-corrected chi connectivity index (χ0v) is 45.7. The Bertz CT molecular complexity index is 2020. The van der Waals surface area contributed by atoms with Crippen molar-refractivity contribution < 1.29 is 47.8 Å². The molecule has 1 heterocycles. The predicted octanol–water partition coefficient (Wildman–Crippen LogP) is 6.36. The maximum atomic E-state index is 14.3. The van der Waals surface area contributed by atoms with Crippen molar-refractivity contribution in [3.8, 4) is 0 Å². The van der Waals surface area contributed by atoms with Crippen molar-refractivity contribution in [3.63, 3.8) is 0 Å². The van der Waals surface area contributed by atoms with E-state index < -0.39 is 83.3 Å². The Labute approximate surface area is 429 Å². The number of primary amides is 1. The largest absolute Gasteiger partial charge is 0.461 e. The minimum atomic E-state index is -1.33. The first-order valence-electron chi connectivity index (χ1n) is 27.3. The van der Waals surface area contributed by atoms with E-state index in [2.05, 4.69) is 67.3 Å². The molecular formula is C55H91N7O10. The van der Waals surface area contributed by atoms with E-state index in [0.717, 1.165) is 42.9 Å². The number of likely N-dealkylation sites (tertiary alicyclic amines) is 1. The zero-order chi connectivity index (χ0) is 53.5. The molecule has 406 valence electrons. The van der Waals surface area contributed by atoms with Crippen LogP contribution in [0.25, 0.3) is 0 Å². The quantitative estimate of drug-likeness (QED) is 0.0549. The Balaban J connectivity index is 1.14. The number of alkyl carbamates (subject to hydrolysis) is 1. The number of nitrogens with one attached hydrogen (secondary N) is 5. The van der Waals surface area contributed by atoms with Gasteiger partial charge in [-0.15, -0.1) is 0 Å². The third kappa shape index (κ3) is 14.7. The summed E-state index contributed by atoms with van der Waals surface area (Å²) in [4.78, 5) is 107. The number of rotatable bonds is 21. The van der Waals surface area contributed by atoms with E-state index in [1.807, 2.05) is 13.8 Å². The third-order valence-electron chi connectivity index (χ3n) is 17.1.